The maximum absolute atomic E-state index is 4.72. The number of nitrogens with one attached hydrogen (secondary N) is 1. The molecule has 0 atom stereocenters. The van der Waals surface area contributed by atoms with Crippen LogP contribution < -0.4 is 5.32 Å². The summed E-state index contributed by atoms with van der Waals surface area (Å²) in [6.45, 7) is 8.34. The van der Waals surface area contributed by atoms with Gasteiger partial charge >= 0.3 is 0 Å². The predicted octanol–water partition coefficient (Wildman–Crippen LogP) is 0.856. The molecule has 5 nitrogen and oxygen atoms in total. The molecular formula is C13H19N5. The Balaban J connectivity index is 1.90. The Morgan fingerprint density at radius 2 is 2.17 bits per heavy atom. The fraction of sp³-hybridized carbons (Fsp3) is 0.538. The van der Waals surface area contributed by atoms with Crippen LogP contribution in [0.4, 0.5) is 0 Å². The first-order valence-electron chi connectivity index (χ1n) is 6.61. The van der Waals surface area contributed by atoms with Crippen LogP contribution in [0.2, 0.25) is 0 Å². The van der Waals surface area contributed by atoms with E-state index >= 15 is 0 Å². The van der Waals surface area contributed by atoms with Gasteiger partial charge in [0.15, 0.2) is 5.65 Å². The Labute approximate surface area is 107 Å². The zero-order valence-corrected chi connectivity index (χ0v) is 10.8. The van der Waals surface area contributed by atoms with Gasteiger partial charge in [0, 0.05) is 38.9 Å². The number of aromatic nitrogens is 3. The van der Waals surface area contributed by atoms with Crippen LogP contribution >= 0.6 is 0 Å². The maximum Gasteiger partial charge on any atom is 0.160 e. The summed E-state index contributed by atoms with van der Waals surface area (Å²) in [4.78, 5) is 11.6. The molecule has 1 saturated heterocycles. The molecule has 3 rings (SSSR count). The summed E-state index contributed by atoms with van der Waals surface area (Å²) in [6.07, 6.45) is 1.84. The summed E-state index contributed by atoms with van der Waals surface area (Å²) in [5.74, 6) is 1.13. The second-order valence-electron chi connectivity index (χ2n) is 4.64. The molecule has 2 aromatic rings. The topological polar surface area (TPSA) is 46.0 Å². The molecule has 0 aliphatic carbocycles. The quantitative estimate of drug-likeness (QED) is 0.871. The number of nitrogens with zero attached hydrogens (tertiary/aromatic N) is 4. The van der Waals surface area contributed by atoms with Crippen molar-refractivity contribution in [2.45, 2.75) is 20.0 Å². The van der Waals surface area contributed by atoms with Crippen molar-refractivity contribution in [1.82, 2.24) is 24.8 Å². The van der Waals surface area contributed by atoms with Gasteiger partial charge < -0.3 is 9.88 Å². The Bertz CT molecular complexity index is 527. The molecular weight excluding hydrogens is 226 g/mol. The minimum absolute atomic E-state index is 0.922. The molecule has 0 spiro atoms. The van der Waals surface area contributed by atoms with Crippen molar-refractivity contribution in [3.05, 3.63) is 24.2 Å². The average Bonchev–Trinajstić information content (AvgIpc) is 2.77. The molecule has 18 heavy (non-hydrogen) atoms. The summed E-state index contributed by atoms with van der Waals surface area (Å²) < 4.78 is 2.22. The molecule has 1 aliphatic rings. The van der Waals surface area contributed by atoms with Crippen LogP contribution in [0.15, 0.2) is 18.3 Å². The van der Waals surface area contributed by atoms with Crippen molar-refractivity contribution < 1.29 is 0 Å². The SMILES string of the molecule is CCn1c(CN2CCNCC2)nc2cccnc21. The van der Waals surface area contributed by atoms with Gasteiger partial charge in [-0.25, -0.2) is 9.97 Å². The number of aryl methyl sites for hydroxylation is 1. The van der Waals surface area contributed by atoms with Crippen LogP contribution in [-0.2, 0) is 13.1 Å². The molecule has 3 heterocycles. The fourth-order valence-electron chi connectivity index (χ4n) is 2.53. The molecule has 0 unspecified atom stereocenters. The van der Waals surface area contributed by atoms with Gasteiger partial charge in [-0.1, -0.05) is 0 Å². The first kappa shape index (κ1) is 11.6. The highest BCUT2D eigenvalue weighted by Crippen LogP contribution is 2.15. The number of rotatable bonds is 3. The summed E-state index contributed by atoms with van der Waals surface area (Å²) >= 11 is 0. The van der Waals surface area contributed by atoms with Crippen LogP contribution in [0.25, 0.3) is 11.2 Å². The Morgan fingerprint density at radius 3 is 2.94 bits per heavy atom. The fourth-order valence-corrected chi connectivity index (χ4v) is 2.53. The van der Waals surface area contributed by atoms with Gasteiger partial charge in [-0.05, 0) is 19.1 Å². The van der Waals surface area contributed by atoms with Gasteiger partial charge in [-0.15, -0.1) is 0 Å². The second kappa shape index (κ2) is 5.04. The van der Waals surface area contributed by atoms with Gasteiger partial charge in [-0.2, -0.15) is 0 Å². The Hall–Kier alpha value is -1.46. The molecule has 0 amide bonds. The number of piperazine rings is 1. The van der Waals surface area contributed by atoms with E-state index in [-0.39, 0.29) is 0 Å². The van der Waals surface area contributed by atoms with Gasteiger partial charge in [0.25, 0.3) is 0 Å². The lowest BCUT2D eigenvalue weighted by Gasteiger charge is -2.26. The highest BCUT2D eigenvalue weighted by molar-refractivity contribution is 5.71. The van der Waals surface area contributed by atoms with Gasteiger partial charge in [-0.3, -0.25) is 4.90 Å². The molecule has 0 bridgehead atoms. The summed E-state index contributed by atoms with van der Waals surface area (Å²) in [5, 5.41) is 3.37. The molecule has 0 saturated carbocycles. The molecule has 1 aliphatic heterocycles. The van der Waals surface area contributed by atoms with Crippen molar-refractivity contribution in [2.24, 2.45) is 0 Å². The van der Waals surface area contributed by atoms with Crippen LogP contribution in [0, 0.1) is 0 Å². The van der Waals surface area contributed by atoms with Crippen LogP contribution in [0.3, 0.4) is 0 Å². The third-order valence-electron chi connectivity index (χ3n) is 3.47. The molecule has 0 radical (unpaired) electrons. The number of fused-ring (bicyclic) bond motifs is 1. The third-order valence-corrected chi connectivity index (χ3v) is 3.47. The number of hydrogen-bond donors (Lipinski definition) is 1. The normalized spacial score (nSPS) is 17.4. The van der Waals surface area contributed by atoms with E-state index in [2.05, 4.69) is 26.7 Å². The van der Waals surface area contributed by atoms with E-state index in [9.17, 15) is 0 Å². The predicted molar refractivity (Wildman–Crippen MR) is 71.3 cm³/mol. The highest BCUT2D eigenvalue weighted by Gasteiger charge is 2.15. The second-order valence-corrected chi connectivity index (χ2v) is 4.64. The van der Waals surface area contributed by atoms with Gasteiger partial charge in [0.05, 0.1) is 6.54 Å². The van der Waals surface area contributed by atoms with E-state index < -0.39 is 0 Å². The molecule has 2 aromatic heterocycles. The maximum atomic E-state index is 4.72. The standard InChI is InChI=1S/C13H19N5/c1-2-18-12(10-17-8-6-14-7-9-17)16-11-4-3-5-15-13(11)18/h3-5,14H,2,6-10H2,1H3. The van der Waals surface area contributed by atoms with Gasteiger partial charge in [0.1, 0.15) is 11.3 Å². The summed E-state index contributed by atoms with van der Waals surface area (Å²) in [5.41, 5.74) is 2.01. The first-order valence-corrected chi connectivity index (χ1v) is 6.61. The molecule has 96 valence electrons. The van der Waals surface area contributed by atoms with E-state index in [1.54, 1.807) is 0 Å². The van der Waals surface area contributed by atoms with E-state index in [4.69, 9.17) is 4.98 Å². The van der Waals surface area contributed by atoms with Crippen molar-refractivity contribution in [2.75, 3.05) is 26.2 Å². The van der Waals surface area contributed by atoms with E-state index in [0.29, 0.717) is 0 Å². The van der Waals surface area contributed by atoms with Crippen molar-refractivity contribution in [3.8, 4) is 0 Å². The lowest BCUT2D eigenvalue weighted by Crippen LogP contribution is -2.43. The van der Waals surface area contributed by atoms with Crippen molar-refractivity contribution in [1.29, 1.82) is 0 Å². The third kappa shape index (κ3) is 2.11. The van der Waals surface area contributed by atoms with E-state index in [1.807, 2.05) is 18.3 Å². The smallest absolute Gasteiger partial charge is 0.160 e. The van der Waals surface area contributed by atoms with Crippen molar-refractivity contribution in [3.63, 3.8) is 0 Å². The zero-order chi connectivity index (χ0) is 12.4. The number of hydrogen-bond acceptors (Lipinski definition) is 4. The first-order chi connectivity index (χ1) is 8.88. The Morgan fingerprint density at radius 1 is 1.33 bits per heavy atom. The summed E-state index contributed by atoms with van der Waals surface area (Å²) in [6, 6.07) is 3.99. The number of imidazole rings is 1. The van der Waals surface area contributed by atoms with Crippen molar-refractivity contribution >= 4 is 11.2 Å². The molecule has 1 fully saturated rings. The molecule has 5 heteroatoms. The minimum Gasteiger partial charge on any atom is -0.314 e. The Kier molecular flexibility index (Phi) is 3.25. The zero-order valence-electron chi connectivity index (χ0n) is 10.8. The van der Waals surface area contributed by atoms with Gasteiger partial charge in [0.2, 0.25) is 0 Å². The summed E-state index contributed by atoms with van der Waals surface area (Å²) in [7, 11) is 0. The van der Waals surface area contributed by atoms with Crippen LogP contribution in [0.5, 0.6) is 0 Å². The van der Waals surface area contributed by atoms with E-state index in [1.165, 1.54) is 0 Å². The minimum atomic E-state index is 0.922. The van der Waals surface area contributed by atoms with Crippen LogP contribution in [0.1, 0.15) is 12.7 Å². The lowest BCUT2D eigenvalue weighted by molar-refractivity contribution is 0.225. The molecule has 0 aromatic carbocycles. The average molecular weight is 245 g/mol. The van der Waals surface area contributed by atoms with Crippen LogP contribution in [-0.4, -0.2) is 45.6 Å². The van der Waals surface area contributed by atoms with E-state index in [0.717, 1.165) is 56.3 Å². The lowest BCUT2D eigenvalue weighted by atomic mass is 10.3. The largest absolute Gasteiger partial charge is 0.314 e. The monoisotopic (exact) mass is 245 g/mol. The number of pyridine rings is 1. The highest BCUT2D eigenvalue weighted by atomic mass is 15.2. The molecule has 1 N–H and O–H groups in total.